The molecule has 13 heteroatoms. The zero-order valence-corrected chi connectivity index (χ0v) is 22.6. The summed E-state index contributed by atoms with van der Waals surface area (Å²) >= 11 is 0. The number of piperazine rings is 1. The quantitative estimate of drug-likeness (QED) is 0.376. The van der Waals surface area contributed by atoms with Gasteiger partial charge in [0.25, 0.3) is 5.91 Å². The first kappa shape index (κ1) is 30.0. The van der Waals surface area contributed by atoms with Gasteiger partial charge in [-0.15, -0.1) is 0 Å². The number of hydrogen-bond acceptors (Lipinski definition) is 8. The average Bonchev–Trinajstić information content (AvgIpc) is 2.95. The molecule has 3 N–H and O–H groups in total. The average molecular weight is 555 g/mol. The molecule has 3 rings (SSSR count). The fraction of sp³-hybridized carbons (Fsp3) is 0.444. The fourth-order valence-electron chi connectivity index (χ4n) is 4.08. The van der Waals surface area contributed by atoms with Crippen LogP contribution in [0.1, 0.15) is 50.0 Å². The minimum absolute atomic E-state index is 0.0964. The first-order valence-electron chi connectivity index (χ1n) is 13.2. The number of hydrogen-bond donors (Lipinski definition) is 3. The number of rotatable bonds is 11. The lowest BCUT2D eigenvalue weighted by molar-refractivity contribution is -0.138. The second-order valence-corrected chi connectivity index (χ2v) is 9.10. The van der Waals surface area contributed by atoms with E-state index in [9.17, 15) is 29.1 Å². The van der Waals surface area contributed by atoms with Crippen LogP contribution in [0.5, 0.6) is 0 Å². The van der Waals surface area contributed by atoms with Crippen LogP contribution in [0.3, 0.4) is 0 Å². The van der Waals surface area contributed by atoms with Crippen molar-refractivity contribution in [2.24, 2.45) is 0 Å². The van der Waals surface area contributed by atoms with Gasteiger partial charge in [0.05, 0.1) is 6.61 Å². The van der Waals surface area contributed by atoms with E-state index in [2.05, 4.69) is 20.6 Å². The van der Waals surface area contributed by atoms with Crippen molar-refractivity contribution < 1.29 is 33.8 Å². The topological polar surface area (TPSA) is 171 Å². The molecule has 1 saturated heterocycles. The van der Waals surface area contributed by atoms with Crippen molar-refractivity contribution in [3.63, 3.8) is 0 Å². The van der Waals surface area contributed by atoms with Crippen LogP contribution >= 0.6 is 0 Å². The Bertz CT molecular complexity index is 1220. The molecule has 0 unspecified atom stereocenters. The van der Waals surface area contributed by atoms with Crippen LogP contribution in [-0.2, 0) is 19.1 Å². The molecule has 40 heavy (non-hydrogen) atoms. The molecule has 2 heterocycles. The van der Waals surface area contributed by atoms with Crippen LogP contribution in [0.15, 0.2) is 36.4 Å². The van der Waals surface area contributed by atoms with Gasteiger partial charge in [-0.25, -0.2) is 14.8 Å². The zero-order valence-electron chi connectivity index (χ0n) is 22.6. The van der Waals surface area contributed by atoms with Gasteiger partial charge in [0, 0.05) is 50.7 Å². The van der Waals surface area contributed by atoms with E-state index in [0.29, 0.717) is 12.0 Å². The maximum atomic E-state index is 13.3. The highest BCUT2D eigenvalue weighted by molar-refractivity contribution is 5.98. The third-order valence-electron chi connectivity index (χ3n) is 6.10. The van der Waals surface area contributed by atoms with E-state index in [-0.39, 0.29) is 75.3 Å². The summed E-state index contributed by atoms with van der Waals surface area (Å²) in [5.41, 5.74) is 0.516. The summed E-state index contributed by atoms with van der Waals surface area (Å²) in [6, 6.07) is 9.05. The molecule has 1 fully saturated rings. The molecule has 1 aliphatic rings. The van der Waals surface area contributed by atoms with Crippen LogP contribution in [0, 0.1) is 0 Å². The van der Waals surface area contributed by atoms with Crippen LogP contribution < -0.4 is 10.6 Å². The van der Waals surface area contributed by atoms with Crippen LogP contribution in [0.25, 0.3) is 11.4 Å². The molecular weight excluding hydrogens is 520 g/mol. The molecule has 1 aromatic heterocycles. The Balaban J connectivity index is 1.81. The Morgan fingerprint density at radius 1 is 0.975 bits per heavy atom. The van der Waals surface area contributed by atoms with Crippen molar-refractivity contribution in [2.45, 2.75) is 45.6 Å². The van der Waals surface area contributed by atoms with E-state index in [4.69, 9.17) is 4.74 Å². The van der Waals surface area contributed by atoms with Crippen molar-refractivity contribution in [3.05, 3.63) is 42.1 Å². The van der Waals surface area contributed by atoms with Gasteiger partial charge in [0.2, 0.25) is 11.8 Å². The minimum Gasteiger partial charge on any atom is -0.481 e. The Morgan fingerprint density at radius 2 is 1.65 bits per heavy atom. The van der Waals surface area contributed by atoms with E-state index < -0.39 is 29.9 Å². The first-order chi connectivity index (χ1) is 19.2. The molecule has 13 nitrogen and oxygen atoms in total. The molecule has 4 amide bonds. The van der Waals surface area contributed by atoms with E-state index in [1.807, 2.05) is 13.0 Å². The Labute approximate surface area is 231 Å². The highest BCUT2D eigenvalue weighted by atomic mass is 16.6. The molecule has 0 radical (unpaired) electrons. The number of anilines is 1. The monoisotopic (exact) mass is 554 g/mol. The highest BCUT2D eigenvalue weighted by Crippen LogP contribution is 2.19. The number of benzene rings is 1. The van der Waals surface area contributed by atoms with E-state index in [1.54, 1.807) is 31.2 Å². The second-order valence-electron chi connectivity index (χ2n) is 9.10. The summed E-state index contributed by atoms with van der Waals surface area (Å²) in [7, 11) is 0. The predicted molar refractivity (Wildman–Crippen MR) is 144 cm³/mol. The molecule has 214 valence electrons. The van der Waals surface area contributed by atoms with Gasteiger partial charge in [-0.05, 0) is 19.8 Å². The van der Waals surface area contributed by atoms with E-state index >= 15 is 0 Å². The lowest BCUT2D eigenvalue weighted by Crippen LogP contribution is -2.56. The van der Waals surface area contributed by atoms with Gasteiger partial charge in [-0.3, -0.25) is 19.2 Å². The molecule has 0 saturated carbocycles. The number of ether oxygens (including phenoxy) is 1. The van der Waals surface area contributed by atoms with Crippen molar-refractivity contribution in [1.29, 1.82) is 0 Å². The SMILES string of the molecule is CCCC(=O)Nc1cc(C(=O)N[C@@H](CCC(=O)O)C(=O)N2CCN(C(=O)OCC)CC2)nc(-c2ccccc2)n1. The van der Waals surface area contributed by atoms with Crippen molar-refractivity contribution in [2.75, 3.05) is 38.1 Å². The van der Waals surface area contributed by atoms with Gasteiger partial charge in [0.15, 0.2) is 5.82 Å². The summed E-state index contributed by atoms with van der Waals surface area (Å²) in [6.07, 6.45) is -0.0744. The number of aromatic nitrogens is 2. The number of aliphatic carboxylic acids is 1. The van der Waals surface area contributed by atoms with Crippen LogP contribution in [0.2, 0.25) is 0 Å². The number of carbonyl (C=O) groups is 5. The number of carbonyl (C=O) groups excluding carboxylic acids is 4. The number of carboxylic acid groups (broad SMARTS) is 1. The van der Waals surface area contributed by atoms with Gasteiger partial charge in [-0.2, -0.15) is 0 Å². The summed E-state index contributed by atoms with van der Waals surface area (Å²) in [4.78, 5) is 73.9. The van der Waals surface area contributed by atoms with Gasteiger partial charge < -0.3 is 30.3 Å². The van der Waals surface area contributed by atoms with Crippen molar-refractivity contribution in [1.82, 2.24) is 25.1 Å². The summed E-state index contributed by atoms with van der Waals surface area (Å²) < 4.78 is 5.00. The lowest BCUT2D eigenvalue weighted by Gasteiger charge is -2.35. The summed E-state index contributed by atoms with van der Waals surface area (Å²) in [5, 5.41) is 14.5. The number of amides is 4. The Kier molecular flexibility index (Phi) is 10.9. The van der Waals surface area contributed by atoms with Crippen molar-refractivity contribution in [3.8, 4) is 11.4 Å². The molecule has 1 atom stereocenters. The third kappa shape index (κ3) is 8.48. The van der Waals surface area contributed by atoms with Crippen LogP contribution in [-0.4, -0.2) is 93.5 Å². The molecule has 0 aliphatic carbocycles. The smallest absolute Gasteiger partial charge is 0.409 e. The van der Waals surface area contributed by atoms with Crippen LogP contribution in [0.4, 0.5) is 10.6 Å². The molecule has 1 aliphatic heterocycles. The van der Waals surface area contributed by atoms with Gasteiger partial charge in [-0.1, -0.05) is 37.3 Å². The predicted octanol–water partition coefficient (Wildman–Crippen LogP) is 2.15. The van der Waals surface area contributed by atoms with E-state index in [1.165, 1.54) is 15.9 Å². The van der Waals surface area contributed by atoms with Crippen molar-refractivity contribution >= 4 is 35.6 Å². The third-order valence-corrected chi connectivity index (χ3v) is 6.10. The molecule has 0 bridgehead atoms. The number of carboxylic acids is 1. The zero-order chi connectivity index (χ0) is 29.1. The minimum atomic E-state index is -1.15. The summed E-state index contributed by atoms with van der Waals surface area (Å²) in [5.74, 6) is -2.26. The normalized spacial score (nSPS) is 13.8. The van der Waals surface area contributed by atoms with Gasteiger partial charge >= 0.3 is 12.1 Å². The molecule has 2 aromatic rings. The lowest BCUT2D eigenvalue weighted by atomic mass is 10.1. The Hall–Kier alpha value is -4.55. The maximum Gasteiger partial charge on any atom is 0.409 e. The molecule has 0 spiro atoms. The second kappa shape index (κ2) is 14.6. The van der Waals surface area contributed by atoms with E-state index in [0.717, 1.165) is 0 Å². The first-order valence-corrected chi connectivity index (χ1v) is 13.2. The largest absolute Gasteiger partial charge is 0.481 e. The number of nitrogens with one attached hydrogen (secondary N) is 2. The molecular formula is C27H34N6O7. The standard InChI is InChI=1S/C27H34N6O7/c1-3-8-22(34)30-21-17-20(28-24(31-21)18-9-6-5-7-10-18)25(37)29-19(11-12-23(35)36)26(38)32-13-15-33(16-14-32)27(39)40-4-2/h5-7,9-10,17,19H,3-4,8,11-16H2,1-2H3,(H,29,37)(H,35,36)(H,28,30,31,34)/t19-/m0/s1. The summed E-state index contributed by atoms with van der Waals surface area (Å²) in [6.45, 7) is 4.70. The molecule has 1 aromatic carbocycles. The number of nitrogens with zero attached hydrogens (tertiary/aromatic N) is 4. The Morgan fingerprint density at radius 3 is 2.27 bits per heavy atom. The van der Waals surface area contributed by atoms with Gasteiger partial charge in [0.1, 0.15) is 17.6 Å². The highest BCUT2D eigenvalue weighted by Gasteiger charge is 2.31. The maximum absolute atomic E-state index is 13.3. The fourth-order valence-corrected chi connectivity index (χ4v) is 4.08.